The Kier molecular flexibility index (Phi) is 3.99. The zero-order chi connectivity index (χ0) is 12.3. The molecule has 17 heavy (non-hydrogen) atoms. The number of ether oxygens (including phenoxy) is 1. The Morgan fingerprint density at radius 1 is 1.53 bits per heavy atom. The van der Waals surface area contributed by atoms with E-state index in [2.05, 4.69) is 5.32 Å². The Hall–Kier alpha value is -1.10. The number of benzene rings is 1. The lowest BCUT2D eigenvalue weighted by Gasteiger charge is -2.24. The Morgan fingerprint density at radius 3 is 3.00 bits per heavy atom. The normalized spacial score (nSPS) is 20.0. The number of rotatable bonds is 3. The van der Waals surface area contributed by atoms with Crippen LogP contribution in [0.2, 0.25) is 0 Å². The molecule has 1 aliphatic heterocycles. The molecule has 3 nitrogen and oxygen atoms in total. The molecule has 0 saturated carbocycles. The summed E-state index contributed by atoms with van der Waals surface area (Å²) in [5.41, 5.74) is 6.99. The van der Waals surface area contributed by atoms with Crippen LogP contribution in [0, 0.1) is 5.82 Å². The van der Waals surface area contributed by atoms with E-state index in [1.165, 1.54) is 25.3 Å². The van der Waals surface area contributed by atoms with Gasteiger partial charge in [-0.3, -0.25) is 0 Å². The summed E-state index contributed by atoms with van der Waals surface area (Å²) in [6.45, 7) is 0. The molecule has 0 amide bonds. The van der Waals surface area contributed by atoms with Gasteiger partial charge in [0.2, 0.25) is 0 Å². The lowest BCUT2D eigenvalue weighted by Crippen LogP contribution is -2.26. The number of halogens is 1. The van der Waals surface area contributed by atoms with Crippen molar-refractivity contribution in [3.63, 3.8) is 0 Å². The Bertz CT molecular complexity index is 394. The number of methoxy groups -OCH3 is 1. The van der Waals surface area contributed by atoms with Gasteiger partial charge in [0, 0.05) is 23.9 Å². The first-order chi connectivity index (χ1) is 8.20. The number of thioether (sulfide) groups is 1. The Labute approximate surface area is 105 Å². The van der Waals surface area contributed by atoms with E-state index in [1.807, 2.05) is 11.8 Å². The van der Waals surface area contributed by atoms with Gasteiger partial charge in [-0.15, -0.1) is 0 Å². The molecular formula is C12H17FN2OS. The van der Waals surface area contributed by atoms with Crippen LogP contribution >= 0.6 is 11.8 Å². The van der Waals surface area contributed by atoms with Gasteiger partial charge in [-0.2, -0.15) is 11.8 Å². The van der Waals surface area contributed by atoms with E-state index in [0.29, 0.717) is 11.7 Å². The van der Waals surface area contributed by atoms with Crippen molar-refractivity contribution in [1.82, 2.24) is 0 Å². The molecule has 5 heteroatoms. The van der Waals surface area contributed by atoms with E-state index in [9.17, 15) is 4.39 Å². The second-order valence-electron chi connectivity index (χ2n) is 4.13. The first kappa shape index (κ1) is 12.4. The Balaban J connectivity index is 2.13. The van der Waals surface area contributed by atoms with Crippen molar-refractivity contribution >= 4 is 23.1 Å². The summed E-state index contributed by atoms with van der Waals surface area (Å²) in [5, 5.41) is 3.36. The molecule has 2 rings (SSSR count). The molecule has 3 N–H and O–H groups in total. The third-order valence-electron chi connectivity index (χ3n) is 2.84. The van der Waals surface area contributed by atoms with Crippen LogP contribution < -0.4 is 15.8 Å². The average molecular weight is 256 g/mol. The SMILES string of the molecule is COc1cc(NC2CCCSC2)c(N)cc1F. The minimum absolute atomic E-state index is 0.227. The zero-order valence-electron chi connectivity index (χ0n) is 9.83. The fourth-order valence-electron chi connectivity index (χ4n) is 1.92. The summed E-state index contributed by atoms with van der Waals surface area (Å²) in [7, 11) is 1.45. The monoisotopic (exact) mass is 256 g/mol. The second-order valence-corrected chi connectivity index (χ2v) is 5.28. The number of anilines is 2. The molecule has 0 spiro atoms. The van der Waals surface area contributed by atoms with Crippen LogP contribution in [0.25, 0.3) is 0 Å². The second kappa shape index (κ2) is 5.49. The van der Waals surface area contributed by atoms with Crippen molar-refractivity contribution in [2.45, 2.75) is 18.9 Å². The highest BCUT2D eigenvalue weighted by Gasteiger charge is 2.16. The van der Waals surface area contributed by atoms with Crippen LogP contribution in [0.1, 0.15) is 12.8 Å². The molecule has 1 aromatic carbocycles. The highest BCUT2D eigenvalue weighted by Crippen LogP contribution is 2.30. The van der Waals surface area contributed by atoms with Crippen molar-refractivity contribution in [3.8, 4) is 5.75 Å². The van der Waals surface area contributed by atoms with Crippen LogP contribution in [0.5, 0.6) is 5.75 Å². The topological polar surface area (TPSA) is 47.3 Å². The fraction of sp³-hybridized carbons (Fsp3) is 0.500. The van der Waals surface area contributed by atoms with Gasteiger partial charge < -0.3 is 15.8 Å². The van der Waals surface area contributed by atoms with Gasteiger partial charge in [0.1, 0.15) is 0 Å². The van der Waals surface area contributed by atoms with Crippen LogP contribution in [0.15, 0.2) is 12.1 Å². The quantitative estimate of drug-likeness (QED) is 0.816. The number of hydrogen-bond donors (Lipinski definition) is 2. The number of hydrogen-bond acceptors (Lipinski definition) is 4. The third kappa shape index (κ3) is 2.97. The fourth-order valence-corrected chi connectivity index (χ4v) is 3.00. The summed E-state index contributed by atoms with van der Waals surface area (Å²) in [6, 6.07) is 3.34. The summed E-state index contributed by atoms with van der Waals surface area (Å²) >= 11 is 1.93. The number of nitrogens with two attached hydrogens (primary N) is 1. The lowest BCUT2D eigenvalue weighted by atomic mass is 10.1. The van der Waals surface area contributed by atoms with Crippen molar-refractivity contribution in [2.75, 3.05) is 29.7 Å². The molecule has 1 atom stereocenters. The van der Waals surface area contributed by atoms with Gasteiger partial charge in [-0.05, 0) is 18.6 Å². The summed E-state index contributed by atoms with van der Waals surface area (Å²) in [4.78, 5) is 0. The molecule has 0 radical (unpaired) electrons. The zero-order valence-corrected chi connectivity index (χ0v) is 10.6. The smallest absolute Gasteiger partial charge is 0.167 e. The van der Waals surface area contributed by atoms with Gasteiger partial charge in [0.05, 0.1) is 18.5 Å². The van der Waals surface area contributed by atoms with E-state index in [1.54, 1.807) is 6.07 Å². The predicted molar refractivity (Wildman–Crippen MR) is 71.3 cm³/mol. The van der Waals surface area contributed by atoms with Crippen molar-refractivity contribution in [3.05, 3.63) is 17.9 Å². The molecule has 1 heterocycles. The summed E-state index contributed by atoms with van der Waals surface area (Å²) < 4.78 is 18.3. The van der Waals surface area contributed by atoms with Crippen LogP contribution in [0.4, 0.5) is 15.8 Å². The van der Waals surface area contributed by atoms with Crippen LogP contribution in [-0.4, -0.2) is 24.7 Å². The first-order valence-electron chi connectivity index (χ1n) is 5.68. The Morgan fingerprint density at radius 2 is 2.35 bits per heavy atom. The maximum absolute atomic E-state index is 13.4. The van der Waals surface area contributed by atoms with E-state index in [0.717, 1.165) is 17.9 Å². The lowest BCUT2D eigenvalue weighted by molar-refractivity contribution is 0.387. The summed E-state index contributed by atoms with van der Waals surface area (Å²) in [6.07, 6.45) is 2.34. The minimum Gasteiger partial charge on any atom is -0.494 e. The van der Waals surface area contributed by atoms with Crippen molar-refractivity contribution in [1.29, 1.82) is 0 Å². The van der Waals surface area contributed by atoms with Gasteiger partial charge in [0.25, 0.3) is 0 Å². The van der Waals surface area contributed by atoms with Gasteiger partial charge in [0.15, 0.2) is 11.6 Å². The molecule has 94 valence electrons. The minimum atomic E-state index is -0.423. The van der Waals surface area contributed by atoms with Gasteiger partial charge in [-0.25, -0.2) is 4.39 Å². The van der Waals surface area contributed by atoms with Crippen LogP contribution in [-0.2, 0) is 0 Å². The van der Waals surface area contributed by atoms with Crippen LogP contribution in [0.3, 0.4) is 0 Å². The highest BCUT2D eigenvalue weighted by atomic mass is 32.2. The standard InChI is InChI=1S/C12H17FN2OS/c1-16-12-6-11(10(14)5-9(12)13)15-8-3-2-4-17-7-8/h5-6,8,15H,2-4,7,14H2,1H3. The summed E-state index contributed by atoms with van der Waals surface area (Å²) in [5.74, 6) is 2.10. The molecule has 1 aromatic rings. The molecule has 0 bridgehead atoms. The van der Waals surface area contributed by atoms with Crippen molar-refractivity contribution < 1.29 is 9.13 Å². The predicted octanol–water partition coefficient (Wildman–Crippen LogP) is 2.72. The maximum Gasteiger partial charge on any atom is 0.167 e. The molecule has 0 aliphatic carbocycles. The molecule has 0 aromatic heterocycles. The molecule has 1 fully saturated rings. The highest BCUT2D eigenvalue weighted by molar-refractivity contribution is 7.99. The average Bonchev–Trinajstić information content (AvgIpc) is 2.34. The largest absolute Gasteiger partial charge is 0.494 e. The van der Waals surface area contributed by atoms with E-state index in [4.69, 9.17) is 10.5 Å². The number of nitrogen functional groups attached to an aromatic ring is 1. The van der Waals surface area contributed by atoms with E-state index < -0.39 is 5.82 Å². The third-order valence-corrected chi connectivity index (χ3v) is 4.06. The van der Waals surface area contributed by atoms with Gasteiger partial charge >= 0.3 is 0 Å². The van der Waals surface area contributed by atoms with Gasteiger partial charge in [-0.1, -0.05) is 0 Å². The number of nitrogens with one attached hydrogen (secondary N) is 1. The van der Waals surface area contributed by atoms with Crippen molar-refractivity contribution in [2.24, 2.45) is 0 Å². The first-order valence-corrected chi connectivity index (χ1v) is 6.83. The van der Waals surface area contributed by atoms with E-state index in [-0.39, 0.29) is 5.75 Å². The molecule has 1 saturated heterocycles. The molecule has 1 unspecified atom stereocenters. The maximum atomic E-state index is 13.4. The van der Waals surface area contributed by atoms with E-state index >= 15 is 0 Å². The molecule has 1 aliphatic rings. The molecular weight excluding hydrogens is 239 g/mol.